The average Bonchev–Trinajstić information content (AvgIpc) is 2.26. The van der Waals surface area contributed by atoms with Gasteiger partial charge in [-0.05, 0) is 45.4 Å². The Morgan fingerprint density at radius 3 is 2.40 bits per heavy atom. The molecule has 0 aliphatic carbocycles. The minimum Gasteiger partial charge on any atom is -0.481 e. The number of carbonyl (C=O) groups is 1. The predicted octanol–water partition coefficient (Wildman–Crippen LogP) is 4.63. The van der Waals surface area contributed by atoms with Crippen LogP contribution in [0.3, 0.4) is 0 Å². The lowest BCUT2D eigenvalue weighted by atomic mass is 9.98. The molecule has 0 radical (unpaired) electrons. The number of halogens is 2. The molecule has 5 heteroatoms. The zero-order chi connectivity index (χ0) is 15.5. The van der Waals surface area contributed by atoms with Gasteiger partial charge in [0.1, 0.15) is 0 Å². The van der Waals surface area contributed by atoms with E-state index in [0.717, 1.165) is 5.56 Å². The highest BCUT2D eigenvalue weighted by Gasteiger charge is 2.28. The third kappa shape index (κ3) is 4.65. The first-order valence-electron chi connectivity index (χ1n) is 6.56. The lowest BCUT2D eigenvalue weighted by molar-refractivity contribution is -0.137. The van der Waals surface area contributed by atoms with E-state index < -0.39 is 5.97 Å². The predicted molar refractivity (Wildman–Crippen MR) is 83.6 cm³/mol. The van der Waals surface area contributed by atoms with Gasteiger partial charge in [0.2, 0.25) is 0 Å². The summed E-state index contributed by atoms with van der Waals surface area (Å²) in [5, 5.41) is 10.1. The summed E-state index contributed by atoms with van der Waals surface area (Å²) in [5.74, 6) is -0.798. The zero-order valence-corrected chi connectivity index (χ0v) is 13.8. The molecule has 1 unspecified atom stereocenters. The molecule has 0 aromatic heterocycles. The monoisotopic (exact) mass is 317 g/mol. The number of rotatable bonds is 5. The van der Waals surface area contributed by atoms with Crippen molar-refractivity contribution in [2.45, 2.75) is 45.7 Å². The van der Waals surface area contributed by atoms with Crippen molar-refractivity contribution >= 4 is 29.2 Å². The van der Waals surface area contributed by atoms with Crippen molar-refractivity contribution in [3.8, 4) is 0 Å². The Bertz CT molecular complexity index is 483. The molecule has 0 amide bonds. The third-order valence-electron chi connectivity index (χ3n) is 3.31. The van der Waals surface area contributed by atoms with Crippen LogP contribution in [0.2, 0.25) is 10.0 Å². The Balaban J connectivity index is 3.03. The number of hydrogen-bond donors (Lipinski definition) is 1. The molecule has 0 aliphatic rings. The van der Waals surface area contributed by atoms with Gasteiger partial charge < -0.3 is 5.11 Å². The van der Waals surface area contributed by atoms with Crippen LogP contribution in [-0.4, -0.2) is 28.1 Å². The largest absolute Gasteiger partial charge is 0.481 e. The number of aliphatic carboxylic acids is 1. The van der Waals surface area contributed by atoms with E-state index in [1.807, 2.05) is 13.0 Å². The molecule has 1 rings (SSSR count). The topological polar surface area (TPSA) is 40.5 Å². The van der Waals surface area contributed by atoms with Gasteiger partial charge in [0.25, 0.3) is 0 Å². The molecule has 0 saturated carbocycles. The highest BCUT2D eigenvalue weighted by Crippen LogP contribution is 2.33. The maximum absolute atomic E-state index is 10.8. The van der Waals surface area contributed by atoms with E-state index in [-0.39, 0.29) is 18.0 Å². The van der Waals surface area contributed by atoms with Gasteiger partial charge in [0.05, 0.1) is 6.42 Å². The number of hydrogen-bond acceptors (Lipinski definition) is 2. The van der Waals surface area contributed by atoms with Crippen molar-refractivity contribution < 1.29 is 9.90 Å². The molecular formula is C15H21Cl2NO2. The van der Waals surface area contributed by atoms with Gasteiger partial charge in [-0.15, -0.1) is 0 Å². The first kappa shape index (κ1) is 17.3. The van der Waals surface area contributed by atoms with Crippen molar-refractivity contribution in [2.24, 2.45) is 0 Å². The molecule has 0 bridgehead atoms. The van der Waals surface area contributed by atoms with Gasteiger partial charge in [-0.1, -0.05) is 29.3 Å². The first-order valence-corrected chi connectivity index (χ1v) is 7.32. The highest BCUT2D eigenvalue weighted by molar-refractivity contribution is 6.35. The van der Waals surface area contributed by atoms with Gasteiger partial charge in [0, 0.05) is 28.2 Å². The Hall–Kier alpha value is -0.770. The highest BCUT2D eigenvalue weighted by atomic mass is 35.5. The Kier molecular flexibility index (Phi) is 5.87. The third-order valence-corrected chi connectivity index (χ3v) is 3.87. The first-order chi connectivity index (χ1) is 9.12. The molecule has 1 aromatic carbocycles. The molecule has 0 saturated heterocycles. The van der Waals surface area contributed by atoms with Crippen LogP contribution < -0.4 is 0 Å². The quantitative estimate of drug-likeness (QED) is 0.860. The maximum atomic E-state index is 10.8. The van der Waals surface area contributed by atoms with E-state index in [2.05, 4.69) is 25.7 Å². The molecule has 1 atom stereocenters. The average molecular weight is 318 g/mol. The fraction of sp³-hybridized carbons (Fsp3) is 0.533. The molecule has 1 N–H and O–H groups in total. The minimum atomic E-state index is -0.798. The molecular weight excluding hydrogens is 297 g/mol. The molecule has 20 heavy (non-hydrogen) atoms. The molecule has 0 spiro atoms. The molecule has 1 aromatic rings. The van der Waals surface area contributed by atoms with Gasteiger partial charge in [-0.25, -0.2) is 0 Å². The van der Waals surface area contributed by atoms with Crippen molar-refractivity contribution in [3.63, 3.8) is 0 Å². The van der Waals surface area contributed by atoms with Crippen LogP contribution in [0.5, 0.6) is 0 Å². The summed E-state index contributed by atoms with van der Waals surface area (Å²) in [6, 6.07) is 5.43. The lowest BCUT2D eigenvalue weighted by Gasteiger charge is -2.40. The van der Waals surface area contributed by atoms with Crippen LogP contribution in [0.25, 0.3) is 0 Å². The van der Waals surface area contributed by atoms with E-state index >= 15 is 0 Å². The van der Waals surface area contributed by atoms with E-state index in [1.54, 1.807) is 12.1 Å². The van der Waals surface area contributed by atoms with E-state index in [0.29, 0.717) is 16.6 Å². The van der Waals surface area contributed by atoms with Crippen LogP contribution in [0.15, 0.2) is 18.2 Å². The van der Waals surface area contributed by atoms with E-state index in [1.165, 1.54) is 0 Å². The molecule has 0 fully saturated rings. The second-order valence-corrected chi connectivity index (χ2v) is 6.69. The standard InChI is InChI=1S/C15H21Cl2NO2/c1-10(12-6-5-11(16)9-13(12)17)18(15(2,3)4)8-7-14(19)20/h5-6,9-10H,7-8H2,1-4H3,(H,19,20). The Morgan fingerprint density at radius 2 is 1.95 bits per heavy atom. The SMILES string of the molecule is CC(c1ccc(Cl)cc1Cl)N(CCC(=O)O)C(C)(C)C. The van der Waals surface area contributed by atoms with E-state index in [4.69, 9.17) is 28.3 Å². The summed E-state index contributed by atoms with van der Waals surface area (Å²) in [6.07, 6.45) is 0.104. The fourth-order valence-corrected chi connectivity index (χ4v) is 2.90. The van der Waals surface area contributed by atoms with E-state index in [9.17, 15) is 4.79 Å². The number of carboxylic acid groups (broad SMARTS) is 1. The van der Waals surface area contributed by atoms with Gasteiger partial charge in [-0.3, -0.25) is 9.69 Å². The summed E-state index contributed by atoms with van der Waals surface area (Å²) in [6.45, 7) is 8.70. The summed E-state index contributed by atoms with van der Waals surface area (Å²) in [5.41, 5.74) is 0.800. The van der Waals surface area contributed by atoms with Crippen molar-refractivity contribution in [1.82, 2.24) is 4.90 Å². The Morgan fingerprint density at radius 1 is 1.35 bits per heavy atom. The Labute approximate surface area is 130 Å². The number of nitrogens with zero attached hydrogens (tertiary/aromatic N) is 1. The minimum absolute atomic E-state index is 0.0131. The number of carboxylic acids is 1. The fourth-order valence-electron chi connectivity index (χ4n) is 2.33. The summed E-state index contributed by atoms with van der Waals surface area (Å²) in [7, 11) is 0. The normalized spacial score (nSPS) is 13.6. The van der Waals surface area contributed by atoms with Crippen LogP contribution >= 0.6 is 23.2 Å². The van der Waals surface area contributed by atoms with Crippen LogP contribution in [-0.2, 0) is 4.79 Å². The van der Waals surface area contributed by atoms with Gasteiger partial charge in [-0.2, -0.15) is 0 Å². The summed E-state index contributed by atoms with van der Waals surface area (Å²) >= 11 is 12.2. The maximum Gasteiger partial charge on any atom is 0.304 e. The summed E-state index contributed by atoms with van der Waals surface area (Å²) < 4.78 is 0. The van der Waals surface area contributed by atoms with Gasteiger partial charge in [0.15, 0.2) is 0 Å². The second kappa shape index (κ2) is 6.79. The van der Waals surface area contributed by atoms with Crippen LogP contribution in [0.1, 0.15) is 45.7 Å². The smallest absolute Gasteiger partial charge is 0.304 e. The molecule has 3 nitrogen and oxygen atoms in total. The molecule has 112 valence electrons. The van der Waals surface area contributed by atoms with Crippen LogP contribution in [0, 0.1) is 0 Å². The molecule has 0 heterocycles. The lowest BCUT2D eigenvalue weighted by Crippen LogP contribution is -2.44. The van der Waals surface area contributed by atoms with Crippen molar-refractivity contribution in [3.05, 3.63) is 33.8 Å². The molecule has 0 aliphatic heterocycles. The zero-order valence-electron chi connectivity index (χ0n) is 12.3. The second-order valence-electron chi connectivity index (χ2n) is 5.85. The van der Waals surface area contributed by atoms with Crippen LogP contribution in [0.4, 0.5) is 0 Å². The van der Waals surface area contributed by atoms with Crippen molar-refractivity contribution in [2.75, 3.05) is 6.54 Å². The summed E-state index contributed by atoms with van der Waals surface area (Å²) in [4.78, 5) is 13.0. The van der Waals surface area contributed by atoms with Crippen molar-refractivity contribution in [1.29, 1.82) is 0 Å². The number of benzene rings is 1. The van der Waals surface area contributed by atoms with Gasteiger partial charge >= 0.3 is 5.97 Å².